The largest absolute Gasteiger partial charge is 0.347 e. The Morgan fingerprint density at radius 2 is 2.14 bits per heavy atom. The van der Waals surface area contributed by atoms with Gasteiger partial charge in [-0.2, -0.15) is 20.1 Å². The van der Waals surface area contributed by atoms with Crippen LogP contribution in [-0.4, -0.2) is 24.7 Å². The summed E-state index contributed by atoms with van der Waals surface area (Å²) in [6, 6.07) is 6.07. The Bertz CT molecular complexity index is 739. The van der Waals surface area contributed by atoms with Gasteiger partial charge >= 0.3 is 0 Å². The summed E-state index contributed by atoms with van der Waals surface area (Å²) in [5.41, 5.74) is 0. The van der Waals surface area contributed by atoms with Gasteiger partial charge in [-0.25, -0.2) is 4.68 Å². The molecule has 0 aliphatic carbocycles. The Labute approximate surface area is 130 Å². The molecule has 0 saturated heterocycles. The predicted molar refractivity (Wildman–Crippen MR) is 83.1 cm³/mol. The van der Waals surface area contributed by atoms with Gasteiger partial charge in [0, 0.05) is 22.1 Å². The van der Waals surface area contributed by atoms with E-state index < -0.39 is 0 Å². The van der Waals surface area contributed by atoms with E-state index in [-0.39, 0.29) is 11.3 Å². The van der Waals surface area contributed by atoms with Crippen LogP contribution in [0.1, 0.15) is 22.7 Å². The second kappa shape index (κ2) is 5.79. The first-order valence-corrected chi connectivity index (χ1v) is 7.56. The molecule has 0 aliphatic heterocycles. The highest BCUT2D eigenvalue weighted by molar-refractivity contribution is 7.12. The van der Waals surface area contributed by atoms with Crippen molar-refractivity contribution >= 4 is 28.9 Å². The van der Waals surface area contributed by atoms with Gasteiger partial charge in [0.15, 0.2) is 0 Å². The summed E-state index contributed by atoms with van der Waals surface area (Å²) in [6.07, 6.45) is 3.41. The van der Waals surface area contributed by atoms with Crippen molar-refractivity contribution in [2.75, 3.05) is 5.32 Å². The van der Waals surface area contributed by atoms with Crippen LogP contribution in [-0.2, 0) is 0 Å². The van der Waals surface area contributed by atoms with Gasteiger partial charge in [0.2, 0.25) is 11.2 Å². The third-order valence-electron chi connectivity index (χ3n) is 2.84. The fourth-order valence-electron chi connectivity index (χ4n) is 1.84. The zero-order valence-corrected chi connectivity index (χ0v) is 13.1. The van der Waals surface area contributed by atoms with E-state index in [0.29, 0.717) is 11.9 Å². The Hall–Kier alpha value is -1.99. The van der Waals surface area contributed by atoms with Crippen molar-refractivity contribution in [3.05, 3.63) is 45.6 Å². The van der Waals surface area contributed by atoms with E-state index in [0.717, 1.165) is 0 Å². The van der Waals surface area contributed by atoms with E-state index in [4.69, 9.17) is 11.6 Å². The SMILES string of the molecule is Cc1ccc(C(C)Nc2nc(Cl)nc(-n3cccn3)n2)s1. The van der Waals surface area contributed by atoms with E-state index in [1.54, 1.807) is 34.5 Å². The summed E-state index contributed by atoms with van der Waals surface area (Å²) in [4.78, 5) is 15.0. The number of aromatic nitrogens is 5. The van der Waals surface area contributed by atoms with Crippen molar-refractivity contribution in [2.45, 2.75) is 19.9 Å². The van der Waals surface area contributed by atoms with Crippen LogP contribution in [0.15, 0.2) is 30.6 Å². The Balaban J connectivity index is 1.85. The molecule has 0 aliphatic rings. The quantitative estimate of drug-likeness (QED) is 0.799. The molecule has 0 amide bonds. The van der Waals surface area contributed by atoms with Gasteiger partial charge in [0.05, 0.1) is 6.04 Å². The number of aryl methyl sites for hydroxylation is 1. The van der Waals surface area contributed by atoms with Gasteiger partial charge < -0.3 is 5.32 Å². The highest BCUT2D eigenvalue weighted by Crippen LogP contribution is 2.25. The number of thiophene rings is 1. The lowest BCUT2D eigenvalue weighted by Crippen LogP contribution is -2.11. The summed E-state index contributed by atoms with van der Waals surface area (Å²) < 4.78 is 1.54. The summed E-state index contributed by atoms with van der Waals surface area (Å²) in [5.74, 6) is 0.816. The van der Waals surface area contributed by atoms with Crippen molar-refractivity contribution in [3.8, 4) is 5.95 Å². The van der Waals surface area contributed by atoms with Crippen LogP contribution in [0.4, 0.5) is 5.95 Å². The molecule has 3 heterocycles. The Morgan fingerprint density at radius 1 is 1.29 bits per heavy atom. The van der Waals surface area contributed by atoms with Crippen LogP contribution in [0.5, 0.6) is 0 Å². The first-order valence-electron chi connectivity index (χ1n) is 6.36. The molecule has 0 fully saturated rings. The van der Waals surface area contributed by atoms with Gasteiger partial charge in [-0.3, -0.25) is 0 Å². The predicted octanol–water partition coefficient (Wildman–Crippen LogP) is 3.25. The molecular weight excluding hydrogens is 308 g/mol. The lowest BCUT2D eigenvalue weighted by atomic mass is 10.3. The Morgan fingerprint density at radius 3 is 2.81 bits per heavy atom. The zero-order chi connectivity index (χ0) is 14.8. The summed E-state index contributed by atoms with van der Waals surface area (Å²) >= 11 is 7.70. The molecular formula is C13H13ClN6S. The molecule has 21 heavy (non-hydrogen) atoms. The second-order valence-electron chi connectivity index (χ2n) is 4.49. The lowest BCUT2D eigenvalue weighted by Gasteiger charge is -2.12. The highest BCUT2D eigenvalue weighted by Gasteiger charge is 2.12. The van der Waals surface area contributed by atoms with Crippen LogP contribution in [0.3, 0.4) is 0 Å². The number of nitrogens with one attached hydrogen (secondary N) is 1. The van der Waals surface area contributed by atoms with Gasteiger partial charge in [-0.05, 0) is 43.6 Å². The van der Waals surface area contributed by atoms with Crippen LogP contribution >= 0.6 is 22.9 Å². The third-order valence-corrected chi connectivity index (χ3v) is 4.19. The summed E-state index contributed by atoms with van der Waals surface area (Å²) in [6.45, 7) is 4.13. The number of hydrogen-bond donors (Lipinski definition) is 1. The van der Waals surface area contributed by atoms with Gasteiger partial charge in [-0.15, -0.1) is 11.3 Å². The van der Waals surface area contributed by atoms with E-state index in [1.165, 1.54) is 9.75 Å². The fraction of sp³-hybridized carbons (Fsp3) is 0.231. The van der Waals surface area contributed by atoms with E-state index in [2.05, 4.69) is 51.3 Å². The maximum atomic E-state index is 5.96. The molecule has 108 valence electrons. The maximum absolute atomic E-state index is 5.96. The number of halogens is 1. The highest BCUT2D eigenvalue weighted by atomic mass is 35.5. The number of rotatable bonds is 4. The molecule has 0 saturated carbocycles. The molecule has 3 rings (SSSR count). The first kappa shape index (κ1) is 14.0. The van der Waals surface area contributed by atoms with Crippen molar-refractivity contribution in [2.24, 2.45) is 0 Å². The van der Waals surface area contributed by atoms with Gasteiger partial charge in [0.1, 0.15) is 0 Å². The fourth-order valence-corrected chi connectivity index (χ4v) is 2.88. The van der Waals surface area contributed by atoms with Crippen LogP contribution in [0.25, 0.3) is 5.95 Å². The lowest BCUT2D eigenvalue weighted by molar-refractivity contribution is 0.785. The number of anilines is 1. The number of hydrogen-bond acceptors (Lipinski definition) is 6. The summed E-state index contributed by atoms with van der Waals surface area (Å²) in [7, 11) is 0. The second-order valence-corrected chi connectivity index (χ2v) is 6.15. The minimum absolute atomic E-state index is 0.0904. The third kappa shape index (κ3) is 3.20. The van der Waals surface area contributed by atoms with E-state index in [9.17, 15) is 0 Å². The molecule has 3 aromatic rings. The van der Waals surface area contributed by atoms with E-state index in [1.807, 2.05) is 0 Å². The molecule has 0 spiro atoms. The van der Waals surface area contributed by atoms with Gasteiger partial charge in [0.25, 0.3) is 5.95 Å². The molecule has 6 nitrogen and oxygen atoms in total. The van der Waals surface area contributed by atoms with Crippen molar-refractivity contribution in [3.63, 3.8) is 0 Å². The standard InChI is InChI=1S/C13H13ClN6S/c1-8-4-5-10(21-8)9(2)16-12-17-11(14)18-13(19-12)20-7-3-6-15-20/h3-7,9H,1-2H3,(H,16,17,18,19). The van der Waals surface area contributed by atoms with Crippen molar-refractivity contribution in [1.29, 1.82) is 0 Å². The van der Waals surface area contributed by atoms with Gasteiger partial charge in [-0.1, -0.05) is 0 Å². The maximum Gasteiger partial charge on any atom is 0.256 e. The Kier molecular flexibility index (Phi) is 3.85. The minimum atomic E-state index is 0.0904. The minimum Gasteiger partial charge on any atom is -0.347 e. The van der Waals surface area contributed by atoms with Crippen LogP contribution in [0.2, 0.25) is 5.28 Å². The van der Waals surface area contributed by atoms with Crippen LogP contribution < -0.4 is 5.32 Å². The molecule has 0 radical (unpaired) electrons. The van der Waals surface area contributed by atoms with Crippen molar-refractivity contribution < 1.29 is 0 Å². The molecule has 8 heteroatoms. The smallest absolute Gasteiger partial charge is 0.256 e. The molecule has 1 N–H and O–H groups in total. The van der Waals surface area contributed by atoms with Crippen LogP contribution in [0, 0.1) is 6.92 Å². The summed E-state index contributed by atoms with van der Waals surface area (Å²) in [5, 5.41) is 7.46. The normalized spacial score (nSPS) is 12.3. The molecule has 0 aromatic carbocycles. The first-order chi connectivity index (χ1) is 10.1. The molecule has 1 atom stereocenters. The zero-order valence-electron chi connectivity index (χ0n) is 11.5. The number of nitrogens with zero attached hydrogens (tertiary/aromatic N) is 5. The topological polar surface area (TPSA) is 68.5 Å². The molecule has 3 aromatic heterocycles. The van der Waals surface area contributed by atoms with E-state index >= 15 is 0 Å². The monoisotopic (exact) mass is 320 g/mol. The average molecular weight is 321 g/mol. The molecule has 1 unspecified atom stereocenters. The average Bonchev–Trinajstić information content (AvgIpc) is 3.08. The van der Waals surface area contributed by atoms with Crippen molar-refractivity contribution in [1.82, 2.24) is 24.7 Å². The molecule has 0 bridgehead atoms.